The van der Waals surface area contributed by atoms with E-state index in [-0.39, 0.29) is 24.2 Å². The molecular weight excluding hydrogens is 349 g/mol. The van der Waals surface area contributed by atoms with E-state index in [0.29, 0.717) is 22.7 Å². The zero-order valence-corrected chi connectivity index (χ0v) is 15.1. The number of rotatable bonds is 6. The highest BCUT2D eigenvalue weighted by Gasteiger charge is 2.14. The van der Waals surface area contributed by atoms with Gasteiger partial charge in [0.25, 0.3) is 5.56 Å². The first-order valence-corrected chi connectivity index (χ1v) is 8.51. The summed E-state index contributed by atoms with van der Waals surface area (Å²) >= 11 is 0. The predicted molar refractivity (Wildman–Crippen MR) is 101 cm³/mol. The Balaban J connectivity index is 2.06. The van der Waals surface area contributed by atoms with Gasteiger partial charge in [0, 0.05) is 23.4 Å². The Morgan fingerprint density at radius 3 is 2.59 bits per heavy atom. The molecular formula is C19H20FN5O2. The first kappa shape index (κ1) is 18.5. The van der Waals surface area contributed by atoms with Crippen LogP contribution in [0.3, 0.4) is 0 Å². The van der Waals surface area contributed by atoms with Crippen LogP contribution in [-0.2, 0) is 0 Å². The summed E-state index contributed by atoms with van der Waals surface area (Å²) in [5.41, 5.74) is 8.17. The Bertz CT molecular complexity index is 986. The van der Waals surface area contributed by atoms with Crippen LogP contribution in [0.15, 0.2) is 47.4 Å². The molecule has 0 aliphatic rings. The second-order valence-electron chi connectivity index (χ2n) is 6.15. The molecule has 27 heavy (non-hydrogen) atoms. The summed E-state index contributed by atoms with van der Waals surface area (Å²) in [6.07, 6.45) is 1.59. The van der Waals surface area contributed by atoms with Crippen molar-refractivity contribution in [2.24, 2.45) is 0 Å². The molecule has 0 saturated carbocycles. The number of anilines is 1. The molecule has 0 aliphatic carbocycles. The molecule has 0 radical (unpaired) electrons. The van der Waals surface area contributed by atoms with Gasteiger partial charge in [0.05, 0.1) is 17.4 Å². The van der Waals surface area contributed by atoms with Crippen LogP contribution in [-0.4, -0.2) is 33.0 Å². The summed E-state index contributed by atoms with van der Waals surface area (Å²) in [4.78, 5) is 20.4. The van der Waals surface area contributed by atoms with Gasteiger partial charge in [-0.1, -0.05) is 0 Å². The molecule has 140 valence electrons. The molecule has 0 unspecified atom stereocenters. The Morgan fingerprint density at radius 2 is 1.93 bits per heavy atom. The van der Waals surface area contributed by atoms with Crippen LogP contribution in [0.2, 0.25) is 0 Å². The highest BCUT2D eigenvalue weighted by Crippen LogP contribution is 2.30. The van der Waals surface area contributed by atoms with Crippen molar-refractivity contribution in [2.75, 3.05) is 19.0 Å². The van der Waals surface area contributed by atoms with Crippen LogP contribution in [0.25, 0.3) is 22.5 Å². The molecule has 3 rings (SSSR count). The molecule has 1 aromatic carbocycles. The van der Waals surface area contributed by atoms with Gasteiger partial charge in [-0.3, -0.25) is 4.79 Å². The fourth-order valence-corrected chi connectivity index (χ4v) is 2.61. The molecule has 0 atom stereocenters. The molecule has 3 aromatic rings. The average molecular weight is 369 g/mol. The maximum Gasteiger partial charge on any atom is 0.267 e. The second-order valence-corrected chi connectivity index (χ2v) is 6.15. The smallest absolute Gasteiger partial charge is 0.267 e. The van der Waals surface area contributed by atoms with Crippen molar-refractivity contribution in [2.45, 2.75) is 19.9 Å². The first-order valence-electron chi connectivity index (χ1n) is 8.51. The standard InChI is InChI=1S/C19H20FN5O2/c1-12(2)25-17(26)8-7-16(24-25)15-11-22-19(21)23-18(15)13-3-5-14(6-4-13)27-10-9-20/h3-8,11-12H,9-10H2,1-2H3,(H2,21,22,23). The SMILES string of the molecule is CC(C)n1nc(-c2cnc(N)nc2-c2ccc(OCCF)cc2)ccc1=O. The Morgan fingerprint density at radius 1 is 1.19 bits per heavy atom. The van der Waals surface area contributed by atoms with Crippen molar-refractivity contribution in [3.63, 3.8) is 0 Å². The highest BCUT2D eigenvalue weighted by atomic mass is 19.1. The number of nitrogen functional groups attached to an aromatic ring is 1. The maximum absolute atomic E-state index is 12.2. The lowest BCUT2D eigenvalue weighted by atomic mass is 10.0. The molecule has 7 nitrogen and oxygen atoms in total. The van der Waals surface area contributed by atoms with Gasteiger partial charge in [0.15, 0.2) is 0 Å². The summed E-state index contributed by atoms with van der Waals surface area (Å²) < 4.78 is 18.9. The number of hydrogen-bond donors (Lipinski definition) is 1. The van der Waals surface area contributed by atoms with E-state index in [2.05, 4.69) is 15.1 Å². The Labute approximate surface area is 155 Å². The number of halogens is 1. The summed E-state index contributed by atoms with van der Waals surface area (Å²) in [6, 6.07) is 10.1. The van der Waals surface area contributed by atoms with Gasteiger partial charge in [0.2, 0.25) is 5.95 Å². The van der Waals surface area contributed by atoms with E-state index in [1.807, 2.05) is 13.8 Å². The Hall–Kier alpha value is -3.29. The molecule has 0 bridgehead atoms. The molecule has 8 heteroatoms. The third-order valence-corrected chi connectivity index (χ3v) is 3.87. The first-order chi connectivity index (χ1) is 13.0. The normalized spacial score (nSPS) is 11.0. The molecule has 0 amide bonds. The third kappa shape index (κ3) is 4.11. The number of hydrogen-bond acceptors (Lipinski definition) is 6. The molecule has 0 fully saturated rings. The van der Waals surface area contributed by atoms with Crippen molar-refractivity contribution in [1.82, 2.24) is 19.7 Å². The van der Waals surface area contributed by atoms with E-state index in [9.17, 15) is 9.18 Å². The quantitative estimate of drug-likeness (QED) is 0.718. The van der Waals surface area contributed by atoms with Crippen LogP contribution in [0.5, 0.6) is 5.75 Å². The highest BCUT2D eigenvalue weighted by molar-refractivity contribution is 5.79. The lowest BCUT2D eigenvalue weighted by Gasteiger charge is -2.13. The number of nitrogens with zero attached hydrogens (tertiary/aromatic N) is 4. The maximum atomic E-state index is 12.2. The molecule has 0 saturated heterocycles. The minimum atomic E-state index is -0.550. The molecule has 0 aliphatic heterocycles. The summed E-state index contributed by atoms with van der Waals surface area (Å²) in [7, 11) is 0. The molecule has 2 N–H and O–H groups in total. The largest absolute Gasteiger partial charge is 0.491 e. The zero-order valence-electron chi connectivity index (χ0n) is 15.1. The van der Waals surface area contributed by atoms with Crippen LogP contribution < -0.4 is 16.0 Å². The van der Waals surface area contributed by atoms with Crippen molar-refractivity contribution in [1.29, 1.82) is 0 Å². The van der Waals surface area contributed by atoms with Crippen LogP contribution in [0.4, 0.5) is 10.3 Å². The van der Waals surface area contributed by atoms with E-state index in [1.165, 1.54) is 10.7 Å². The van der Waals surface area contributed by atoms with E-state index < -0.39 is 6.67 Å². The number of aromatic nitrogens is 4. The van der Waals surface area contributed by atoms with Crippen molar-refractivity contribution >= 4 is 5.95 Å². The van der Waals surface area contributed by atoms with E-state index in [0.717, 1.165) is 5.56 Å². The van der Waals surface area contributed by atoms with Crippen LogP contribution in [0, 0.1) is 0 Å². The minimum absolute atomic E-state index is 0.00567. The number of ether oxygens (including phenoxy) is 1. The van der Waals surface area contributed by atoms with Gasteiger partial charge < -0.3 is 10.5 Å². The van der Waals surface area contributed by atoms with Gasteiger partial charge in [0.1, 0.15) is 19.0 Å². The lowest BCUT2D eigenvalue weighted by Crippen LogP contribution is -2.24. The molecule has 2 aromatic heterocycles. The fraction of sp³-hybridized carbons (Fsp3) is 0.263. The van der Waals surface area contributed by atoms with Crippen LogP contribution in [0.1, 0.15) is 19.9 Å². The van der Waals surface area contributed by atoms with E-state index in [1.54, 1.807) is 36.5 Å². The predicted octanol–water partition coefficient (Wildman–Crippen LogP) is 2.88. The minimum Gasteiger partial charge on any atom is -0.491 e. The van der Waals surface area contributed by atoms with Gasteiger partial charge in [-0.2, -0.15) is 5.10 Å². The summed E-state index contributed by atoms with van der Waals surface area (Å²) in [5.74, 6) is 0.690. The second kappa shape index (κ2) is 7.94. The monoisotopic (exact) mass is 369 g/mol. The number of nitrogens with two attached hydrogens (primary N) is 1. The van der Waals surface area contributed by atoms with Crippen molar-refractivity contribution in [3.05, 3.63) is 52.9 Å². The molecule has 0 spiro atoms. The third-order valence-electron chi connectivity index (χ3n) is 3.87. The molecule has 2 heterocycles. The topological polar surface area (TPSA) is 95.9 Å². The zero-order chi connectivity index (χ0) is 19.4. The number of alkyl halides is 1. The van der Waals surface area contributed by atoms with E-state index >= 15 is 0 Å². The lowest BCUT2D eigenvalue weighted by molar-refractivity contribution is 0.273. The Kier molecular flexibility index (Phi) is 5.44. The van der Waals surface area contributed by atoms with Crippen LogP contribution >= 0.6 is 0 Å². The van der Waals surface area contributed by atoms with Gasteiger partial charge >= 0.3 is 0 Å². The average Bonchev–Trinajstić information content (AvgIpc) is 2.67. The van der Waals surface area contributed by atoms with Crippen molar-refractivity contribution < 1.29 is 9.13 Å². The van der Waals surface area contributed by atoms with Gasteiger partial charge in [-0.25, -0.2) is 19.0 Å². The van der Waals surface area contributed by atoms with E-state index in [4.69, 9.17) is 10.5 Å². The van der Waals surface area contributed by atoms with Gasteiger partial charge in [-0.15, -0.1) is 0 Å². The number of benzene rings is 1. The van der Waals surface area contributed by atoms with Crippen molar-refractivity contribution in [3.8, 4) is 28.3 Å². The fourth-order valence-electron chi connectivity index (χ4n) is 2.61. The summed E-state index contributed by atoms with van der Waals surface area (Å²) in [6.45, 7) is 3.22. The van der Waals surface area contributed by atoms with Gasteiger partial charge in [-0.05, 0) is 44.2 Å². The summed E-state index contributed by atoms with van der Waals surface area (Å²) in [5, 5.41) is 4.43.